The first-order valence-corrected chi connectivity index (χ1v) is 14.1. The molecule has 4 saturated carbocycles. The van der Waals surface area contributed by atoms with Gasteiger partial charge in [-0.25, -0.2) is 0 Å². The monoisotopic (exact) mass is 486 g/mol. The Morgan fingerprint density at radius 3 is 2.17 bits per heavy atom. The van der Waals surface area contributed by atoms with Crippen LogP contribution in [-0.2, 0) is 9.59 Å². The number of allylic oxidation sites excluding steroid dienone is 1. The second kappa shape index (κ2) is 7.58. The number of hydrogen-bond acceptors (Lipinski definition) is 3. The van der Waals surface area contributed by atoms with Crippen LogP contribution in [0.4, 0.5) is 0 Å². The van der Waals surface area contributed by atoms with Gasteiger partial charge in [0.15, 0.2) is 0 Å². The first kappa shape index (κ1) is 25.3. The first-order valence-electron chi connectivity index (χ1n) is 14.1. The van der Waals surface area contributed by atoms with Crippen LogP contribution in [0.2, 0.25) is 0 Å². The molecule has 0 heterocycles. The van der Waals surface area contributed by atoms with Crippen molar-refractivity contribution in [2.75, 3.05) is 0 Å². The Hall–Kier alpha value is -1.36. The molecule has 0 bridgehead atoms. The van der Waals surface area contributed by atoms with Crippen LogP contribution in [0.5, 0.6) is 0 Å². The number of carboxylic acid groups (broad SMARTS) is 2. The molecule has 0 radical (unpaired) electrons. The molecule has 5 heteroatoms. The summed E-state index contributed by atoms with van der Waals surface area (Å²) < 4.78 is 0. The molecule has 5 aliphatic carbocycles. The number of hydrogen-bond donors (Lipinski definition) is 3. The second-order valence-electron chi connectivity index (χ2n) is 14.4. The molecule has 0 spiro atoms. The highest BCUT2D eigenvalue weighted by atomic mass is 16.4. The Kier molecular flexibility index (Phi) is 5.48. The van der Waals surface area contributed by atoms with Gasteiger partial charge in [-0.2, -0.15) is 0 Å². The SMILES string of the molecule is C[C@H]1[C@H](C)CC[C@]2(C(=O)O)CC[C@]3(C(=O)O)C(=CC[C@H]4[C@@]5(C)CC[C@H](O)C(C)(C)[C@@H]5CC[C@]43C)[C@H]12. The van der Waals surface area contributed by atoms with Crippen molar-refractivity contribution in [2.24, 2.45) is 56.7 Å². The molecule has 0 unspecified atom stereocenters. The molecule has 196 valence electrons. The van der Waals surface area contributed by atoms with Crippen molar-refractivity contribution < 1.29 is 24.9 Å². The summed E-state index contributed by atoms with van der Waals surface area (Å²) in [6, 6.07) is 0. The Morgan fingerprint density at radius 1 is 0.857 bits per heavy atom. The van der Waals surface area contributed by atoms with E-state index >= 15 is 0 Å². The summed E-state index contributed by atoms with van der Waals surface area (Å²) in [5.74, 6) is -0.563. The zero-order valence-electron chi connectivity index (χ0n) is 22.6. The predicted octanol–water partition coefficient (Wildman–Crippen LogP) is 6.15. The van der Waals surface area contributed by atoms with Gasteiger partial charge in [-0.15, -0.1) is 0 Å². The third kappa shape index (κ3) is 2.85. The largest absolute Gasteiger partial charge is 0.481 e. The molecule has 5 rings (SSSR count). The number of fused-ring (bicyclic) bond motifs is 7. The quantitative estimate of drug-likeness (QED) is 0.407. The zero-order valence-corrected chi connectivity index (χ0v) is 22.6. The lowest BCUT2D eigenvalue weighted by Crippen LogP contribution is -2.67. The zero-order chi connectivity index (χ0) is 25.8. The normalized spacial score (nSPS) is 52.7. The van der Waals surface area contributed by atoms with Gasteiger partial charge in [-0.05, 0) is 104 Å². The topological polar surface area (TPSA) is 94.8 Å². The van der Waals surface area contributed by atoms with Crippen molar-refractivity contribution in [1.82, 2.24) is 0 Å². The molecule has 0 aromatic carbocycles. The van der Waals surface area contributed by atoms with Gasteiger partial charge in [-0.1, -0.05) is 53.2 Å². The van der Waals surface area contributed by atoms with E-state index in [0.29, 0.717) is 31.1 Å². The van der Waals surface area contributed by atoms with Crippen molar-refractivity contribution in [3.63, 3.8) is 0 Å². The number of aliphatic carboxylic acids is 2. The number of carbonyl (C=O) groups is 2. The lowest BCUT2D eigenvalue weighted by molar-refractivity contribution is -0.216. The number of aliphatic hydroxyl groups is 1. The smallest absolute Gasteiger partial charge is 0.314 e. The highest BCUT2D eigenvalue weighted by Crippen LogP contribution is 2.75. The van der Waals surface area contributed by atoms with E-state index in [1.54, 1.807) is 0 Å². The van der Waals surface area contributed by atoms with E-state index in [2.05, 4.69) is 47.6 Å². The highest BCUT2D eigenvalue weighted by molar-refractivity contribution is 5.84. The van der Waals surface area contributed by atoms with Crippen molar-refractivity contribution in [2.45, 2.75) is 105 Å². The highest BCUT2D eigenvalue weighted by Gasteiger charge is 2.73. The molecule has 0 aliphatic heterocycles. The van der Waals surface area contributed by atoms with Crippen LogP contribution in [0.3, 0.4) is 0 Å². The Balaban J connectivity index is 1.68. The average molecular weight is 487 g/mol. The molecule has 3 N–H and O–H groups in total. The average Bonchev–Trinajstić information content (AvgIpc) is 2.78. The molecular formula is C30H46O5. The fourth-order valence-electron chi connectivity index (χ4n) is 11.0. The van der Waals surface area contributed by atoms with Gasteiger partial charge in [0.05, 0.1) is 16.9 Å². The Morgan fingerprint density at radius 2 is 1.54 bits per heavy atom. The number of carboxylic acids is 2. The van der Waals surface area contributed by atoms with Crippen LogP contribution >= 0.6 is 0 Å². The molecular weight excluding hydrogens is 440 g/mol. The fraction of sp³-hybridized carbons (Fsp3) is 0.867. The minimum atomic E-state index is -1.00. The van der Waals surface area contributed by atoms with E-state index in [9.17, 15) is 24.9 Å². The third-order valence-corrected chi connectivity index (χ3v) is 13.2. The molecule has 35 heavy (non-hydrogen) atoms. The molecule has 5 aliphatic rings. The number of aliphatic hydroxyl groups excluding tert-OH is 1. The maximum atomic E-state index is 13.5. The van der Waals surface area contributed by atoms with Gasteiger partial charge in [0.1, 0.15) is 0 Å². The predicted molar refractivity (Wildman–Crippen MR) is 135 cm³/mol. The molecule has 0 saturated heterocycles. The summed E-state index contributed by atoms with van der Waals surface area (Å²) in [6.07, 6.45) is 8.62. The lowest BCUT2D eigenvalue weighted by Gasteiger charge is -2.70. The van der Waals surface area contributed by atoms with Crippen molar-refractivity contribution in [3.05, 3.63) is 11.6 Å². The van der Waals surface area contributed by atoms with Crippen molar-refractivity contribution >= 4 is 11.9 Å². The maximum absolute atomic E-state index is 13.5. The van der Waals surface area contributed by atoms with Gasteiger partial charge >= 0.3 is 11.9 Å². The van der Waals surface area contributed by atoms with E-state index in [1.807, 2.05) is 0 Å². The van der Waals surface area contributed by atoms with E-state index < -0.39 is 28.2 Å². The van der Waals surface area contributed by atoms with Crippen LogP contribution in [0.15, 0.2) is 11.6 Å². The Bertz CT molecular complexity index is 968. The summed E-state index contributed by atoms with van der Waals surface area (Å²) in [5.41, 5.74) is -1.53. The van der Waals surface area contributed by atoms with Crippen molar-refractivity contribution in [1.29, 1.82) is 0 Å². The summed E-state index contributed by atoms with van der Waals surface area (Å²) in [4.78, 5) is 26.3. The van der Waals surface area contributed by atoms with Gasteiger partial charge in [0.2, 0.25) is 0 Å². The standard InChI is InChI=1S/C30H46O5/c1-17-9-14-29(24(32)33)15-16-30(25(34)35)19(23(29)18(17)2)7-8-21-27(5)12-11-22(31)26(3,4)20(27)10-13-28(21,30)6/h7,17-18,20-23,31H,8-16H2,1-6H3,(H,32,33)(H,34,35)/t17-,18+,20+,21+,22+,23+,27+,28-,29+,30-/m1/s1. The molecule has 0 aromatic heterocycles. The summed E-state index contributed by atoms with van der Waals surface area (Å²) in [5, 5.41) is 32.5. The minimum absolute atomic E-state index is 0.0347. The van der Waals surface area contributed by atoms with Crippen LogP contribution < -0.4 is 0 Å². The van der Waals surface area contributed by atoms with E-state index in [1.165, 1.54) is 0 Å². The summed E-state index contributed by atoms with van der Waals surface area (Å²) in [6.45, 7) is 13.4. The lowest BCUT2D eigenvalue weighted by atomic mass is 9.33. The molecule has 10 atom stereocenters. The van der Waals surface area contributed by atoms with Gasteiger partial charge in [-0.3, -0.25) is 9.59 Å². The third-order valence-electron chi connectivity index (χ3n) is 13.2. The van der Waals surface area contributed by atoms with Gasteiger partial charge < -0.3 is 15.3 Å². The van der Waals surface area contributed by atoms with Crippen molar-refractivity contribution in [3.8, 4) is 0 Å². The second-order valence-corrected chi connectivity index (χ2v) is 14.4. The maximum Gasteiger partial charge on any atom is 0.314 e. The molecule has 5 nitrogen and oxygen atoms in total. The molecule has 0 aromatic rings. The fourth-order valence-corrected chi connectivity index (χ4v) is 11.0. The van der Waals surface area contributed by atoms with E-state index in [4.69, 9.17) is 0 Å². The van der Waals surface area contributed by atoms with Crippen LogP contribution in [-0.4, -0.2) is 33.4 Å². The van der Waals surface area contributed by atoms with Gasteiger partial charge in [0, 0.05) is 0 Å². The van der Waals surface area contributed by atoms with Crippen LogP contribution in [0.25, 0.3) is 0 Å². The van der Waals surface area contributed by atoms with E-state index in [0.717, 1.165) is 44.1 Å². The van der Waals surface area contributed by atoms with E-state index in [-0.39, 0.29) is 34.7 Å². The first-order chi connectivity index (χ1) is 16.2. The molecule has 4 fully saturated rings. The number of rotatable bonds is 2. The van der Waals surface area contributed by atoms with Crippen LogP contribution in [0, 0.1) is 56.7 Å². The minimum Gasteiger partial charge on any atom is -0.481 e. The Labute approximate surface area is 210 Å². The van der Waals surface area contributed by atoms with Gasteiger partial charge in [0.25, 0.3) is 0 Å². The summed E-state index contributed by atoms with van der Waals surface area (Å²) in [7, 11) is 0. The van der Waals surface area contributed by atoms with Crippen LogP contribution in [0.1, 0.15) is 99.3 Å². The molecule has 0 amide bonds. The summed E-state index contributed by atoms with van der Waals surface area (Å²) >= 11 is 0.